The smallest absolute Gasteiger partial charge is 0.307 e. The molecular weight excluding hydrogens is 338 g/mol. The molecule has 2 aromatic carbocycles. The molecule has 0 aliphatic carbocycles. The first-order valence-corrected chi connectivity index (χ1v) is 9.28. The van der Waals surface area contributed by atoms with Gasteiger partial charge in [-0.2, -0.15) is 0 Å². The minimum absolute atomic E-state index is 0.290. The van der Waals surface area contributed by atoms with Crippen molar-refractivity contribution in [3.8, 4) is 0 Å². The fourth-order valence-corrected chi connectivity index (χ4v) is 3.84. The Morgan fingerprint density at radius 1 is 1.08 bits per heavy atom. The number of carbonyl (C=O) groups excluding carboxylic acids is 1. The molecule has 1 heterocycles. The maximum absolute atomic E-state index is 12.1. The Bertz CT molecular complexity index is 819. The first-order valence-electron chi connectivity index (χ1n) is 7.58. The van der Waals surface area contributed by atoms with Gasteiger partial charge in [-0.15, -0.1) is 11.3 Å². The van der Waals surface area contributed by atoms with Crippen molar-refractivity contribution < 1.29 is 4.79 Å². The van der Waals surface area contributed by atoms with Gasteiger partial charge >= 0.3 is 6.03 Å². The van der Waals surface area contributed by atoms with Crippen molar-refractivity contribution in [2.24, 2.45) is 0 Å². The molecule has 2 amide bonds. The van der Waals surface area contributed by atoms with Crippen molar-refractivity contribution in [2.75, 3.05) is 10.6 Å². The monoisotopic (exact) mass is 355 g/mol. The quantitative estimate of drug-likeness (QED) is 0.635. The fraction of sp³-hybridized carbons (Fsp3) is 0.111. The van der Waals surface area contributed by atoms with Gasteiger partial charge in [-0.25, -0.2) is 9.78 Å². The minimum atomic E-state index is -0.290. The molecule has 122 valence electrons. The van der Waals surface area contributed by atoms with E-state index < -0.39 is 0 Å². The van der Waals surface area contributed by atoms with Crippen LogP contribution in [0.2, 0.25) is 0 Å². The third kappa shape index (κ3) is 4.15. The van der Waals surface area contributed by atoms with E-state index in [4.69, 9.17) is 0 Å². The van der Waals surface area contributed by atoms with Crippen LogP contribution in [0.15, 0.2) is 69.9 Å². The Morgan fingerprint density at radius 3 is 2.58 bits per heavy atom. The summed E-state index contributed by atoms with van der Waals surface area (Å²) in [5.74, 6) is 0. The first kappa shape index (κ1) is 16.5. The summed E-state index contributed by atoms with van der Waals surface area (Å²) in [6.45, 7) is 2.14. The topological polar surface area (TPSA) is 54.0 Å². The van der Waals surface area contributed by atoms with E-state index in [0.717, 1.165) is 17.0 Å². The van der Waals surface area contributed by atoms with Crippen LogP contribution in [0.1, 0.15) is 12.5 Å². The molecule has 0 saturated carbocycles. The van der Waals surface area contributed by atoms with E-state index >= 15 is 0 Å². The molecule has 0 aliphatic rings. The third-order valence-electron chi connectivity index (χ3n) is 3.36. The van der Waals surface area contributed by atoms with Gasteiger partial charge in [0.1, 0.15) is 0 Å². The lowest BCUT2D eigenvalue weighted by Gasteiger charge is -2.12. The van der Waals surface area contributed by atoms with Crippen LogP contribution >= 0.6 is 23.1 Å². The average molecular weight is 355 g/mol. The lowest BCUT2D eigenvalue weighted by atomic mass is 10.2. The van der Waals surface area contributed by atoms with Crippen LogP contribution in [0.3, 0.4) is 0 Å². The zero-order valence-electron chi connectivity index (χ0n) is 13.2. The third-order valence-corrected chi connectivity index (χ3v) is 5.24. The SMILES string of the molecule is CCc1ccccc1Sc1ccccc1NC(=O)Nc1nccs1. The number of hydrogen-bond acceptors (Lipinski definition) is 4. The molecule has 6 heteroatoms. The normalized spacial score (nSPS) is 10.4. The van der Waals surface area contributed by atoms with Gasteiger partial charge in [-0.3, -0.25) is 5.32 Å². The van der Waals surface area contributed by atoms with Crippen LogP contribution in [0.4, 0.5) is 15.6 Å². The molecule has 3 aromatic rings. The number of thiazole rings is 1. The highest BCUT2D eigenvalue weighted by atomic mass is 32.2. The number of para-hydroxylation sites is 1. The minimum Gasteiger partial charge on any atom is -0.307 e. The molecule has 24 heavy (non-hydrogen) atoms. The second-order valence-corrected chi connectivity index (χ2v) is 6.95. The summed E-state index contributed by atoms with van der Waals surface area (Å²) in [6, 6.07) is 15.8. The van der Waals surface area contributed by atoms with Gasteiger partial charge in [0.25, 0.3) is 0 Å². The van der Waals surface area contributed by atoms with Gasteiger partial charge in [-0.05, 0) is 30.2 Å². The zero-order chi connectivity index (χ0) is 16.8. The standard InChI is InChI=1S/C18H17N3OS2/c1-2-13-7-3-5-9-15(13)24-16-10-6-4-8-14(16)20-17(22)21-18-19-11-12-23-18/h3-12H,2H2,1H3,(H2,19,20,21,22). The number of anilines is 2. The second-order valence-electron chi connectivity index (χ2n) is 4.98. The molecule has 0 radical (unpaired) electrons. The van der Waals surface area contributed by atoms with Crippen molar-refractivity contribution >= 4 is 39.9 Å². The largest absolute Gasteiger partial charge is 0.325 e. The highest BCUT2D eigenvalue weighted by molar-refractivity contribution is 7.99. The average Bonchev–Trinajstić information content (AvgIpc) is 3.10. The Morgan fingerprint density at radius 2 is 1.83 bits per heavy atom. The van der Waals surface area contributed by atoms with Crippen LogP contribution in [-0.2, 0) is 6.42 Å². The van der Waals surface area contributed by atoms with Crippen LogP contribution in [-0.4, -0.2) is 11.0 Å². The number of amides is 2. The number of nitrogens with zero attached hydrogens (tertiary/aromatic N) is 1. The molecule has 0 aliphatic heterocycles. The number of urea groups is 1. The van der Waals surface area contributed by atoms with Crippen molar-refractivity contribution in [3.63, 3.8) is 0 Å². The molecule has 0 saturated heterocycles. The summed E-state index contributed by atoms with van der Waals surface area (Å²) in [5.41, 5.74) is 2.08. The number of nitrogens with one attached hydrogen (secondary N) is 2. The van der Waals surface area contributed by atoms with Gasteiger partial charge < -0.3 is 5.32 Å². The molecule has 0 atom stereocenters. The molecule has 0 spiro atoms. The van der Waals surface area contributed by atoms with Crippen LogP contribution in [0, 0.1) is 0 Å². The van der Waals surface area contributed by atoms with Gasteiger partial charge in [0.2, 0.25) is 0 Å². The molecule has 0 fully saturated rings. The number of rotatable bonds is 5. The van der Waals surface area contributed by atoms with Crippen LogP contribution in [0.25, 0.3) is 0 Å². The van der Waals surface area contributed by atoms with Gasteiger partial charge in [0, 0.05) is 21.4 Å². The molecule has 0 unspecified atom stereocenters. The molecule has 0 bridgehead atoms. The Labute approximate surface area is 149 Å². The Hall–Kier alpha value is -2.31. The number of benzene rings is 2. The maximum atomic E-state index is 12.1. The van der Waals surface area contributed by atoms with Crippen molar-refractivity contribution in [3.05, 3.63) is 65.7 Å². The van der Waals surface area contributed by atoms with Crippen molar-refractivity contribution in [2.45, 2.75) is 23.1 Å². The molecule has 1 aromatic heterocycles. The number of aromatic nitrogens is 1. The highest BCUT2D eigenvalue weighted by Crippen LogP contribution is 2.35. The summed E-state index contributed by atoms with van der Waals surface area (Å²) < 4.78 is 0. The summed E-state index contributed by atoms with van der Waals surface area (Å²) in [7, 11) is 0. The highest BCUT2D eigenvalue weighted by Gasteiger charge is 2.10. The number of aryl methyl sites for hydroxylation is 1. The van der Waals surface area contributed by atoms with Gasteiger partial charge in [-0.1, -0.05) is 49.0 Å². The van der Waals surface area contributed by atoms with E-state index in [2.05, 4.69) is 40.7 Å². The predicted molar refractivity (Wildman–Crippen MR) is 101 cm³/mol. The van der Waals surface area contributed by atoms with Gasteiger partial charge in [0.15, 0.2) is 5.13 Å². The number of hydrogen-bond donors (Lipinski definition) is 2. The summed E-state index contributed by atoms with van der Waals surface area (Å²) in [4.78, 5) is 18.4. The molecule has 4 nitrogen and oxygen atoms in total. The van der Waals surface area contributed by atoms with E-state index in [9.17, 15) is 4.79 Å². The van der Waals surface area contributed by atoms with E-state index in [0.29, 0.717) is 5.13 Å². The zero-order valence-corrected chi connectivity index (χ0v) is 14.8. The predicted octanol–water partition coefficient (Wildman–Crippen LogP) is 5.50. The second kappa shape index (κ2) is 7.99. The van der Waals surface area contributed by atoms with Gasteiger partial charge in [0.05, 0.1) is 5.69 Å². The van der Waals surface area contributed by atoms with E-state index in [1.54, 1.807) is 18.0 Å². The lowest BCUT2D eigenvalue weighted by molar-refractivity contribution is 0.262. The molecule has 3 rings (SSSR count). The summed E-state index contributed by atoms with van der Waals surface area (Å²) in [6.07, 6.45) is 2.63. The lowest BCUT2D eigenvalue weighted by Crippen LogP contribution is -2.19. The molecule has 2 N–H and O–H groups in total. The fourth-order valence-electron chi connectivity index (χ4n) is 2.21. The van der Waals surface area contributed by atoms with E-state index in [-0.39, 0.29) is 6.03 Å². The van der Waals surface area contributed by atoms with Crippen molar-refractivity contribution in [1.82, 2.24) is 4.98 Å². The van der Waals surface area contributed by atoms with Crippen LogP contribution in [0.5, 0.6) is 0 Å². The summed E-state index contributed by atoms with van der Waals surface area (Å²) >= 11 is 3.05. The summed E-state index contributed by atoms with van der Waals surface area (Å²) in [5, 5.41) is 8.03. The molecular formula is C18H17N3OS2. The first-order chi connectivity index (χ1) is 11.8. The van der Waals surface area contributed by atoms with Crippen molar-refractivity contribution in [1.29, 1.82) is 0 Å². The van der Waals surface area contributed by atoms with Crippen LogP contribution < -0.4 is 10.6 Å². The number of carbonyl (C=O) groups is 1. The Kier molecular flexibility index (Phi) is 5.51. The maximum Gasteiger partial charge on any atom is 0.325 e. The van der Waals surface area contributed by atoms with E-state index in [1.807, 2.05) is 35.7 Å². The van der Waals surface area contributed by atoms with E-state index in [1.165, 1.54) is 21.8 Å². The Balaban J connectivity index is 1.76.